The highest BCUT2D eigenvalue weighted by atomic mass is 32.2. The molecule has 1 heterocycles. The van der Waals surface area contributed by atoms with E-state index in [-0.39, 0.29) is 17.1 Å². The van der Waals surface area contributed by atoms with Crippen LogP contribution in [0.4, 0.5) is 15.2 Å². The smallest absolute Gasteiger partial charge is 0.284 e. The summed E-state index contributed by atoms with van der Waals surface area (Å²) in [5.74, 6) is -0.299. The molecule has 0 bridgehead atoms. The zero-order chi connectivity index (χ0) is 18.5. The Bertz CT molecular complexity index is 985. The van der Waals surface area contributed by atoms with E-state index >= 15 is 0 Å². The van der Waals surface area contributed by atoms with Crippen molar-refractivity contribution in [3.63, 3.8) is 0 Å². The molecule has 1 N–H and O–H groups in total. The van der Waals surface area contributed by atoms with Crippen LogP contribution >= 0.6 is 23.1 Å². The first-order valence-electron chi connectivity index (χ1n) is 7.23. The molecule has 1 aromatic heterocycles. The van der Waals surface area contributed by atoms with E-state index in [1.165, 1.54) is 41.7 Å². The number of halogens is 1. The second-order valence-electron chi connectivity index (χ2n) is 5.01. The molecule has 0 unspecified atom stereocenters. The molecule has 10 heteroatoms. The van der Waals surface area contributed by atoms with E-state index in [1.54, 1.807) is 12.1 Å². The van der Waals surface area contributed by atoms with Gasteiger partial charge in [0.2, 0.25) is 5.13 Å². The Morgan fingerprint density at radius 3 is 2.73 bits per heavy atom. The lowest BCUT2D eigenvalue weighted by molar-refractivity contribution is -0.387. The third kappa shape index (κ3) is 4.33. The first-order chi connectivity index (χ1) is 12.5. The maximum absolute atomic E-state index is 12.9. The summed E-state index contributed by atoms with van der Waals surface area (Å²) in [4.78, 5) is 11.0. The monoisotopic (exact) mass is 387 g/mol. The van der Waals surface area contributed by atoms with Gasteiger partial charge in [-0.2, -0.15) is 5.26 Å². The lowest BCUT2D eigenvalue weighted by Crippen LogP contribution is -1.98. The molecule has 0 amide bonds. The van der Waals surface area contributed by atoms with Crippen LogP contribution in [-0.2, 0) is 6.54 Å². The largest absolute Gasteiger partial charge is 0.356 e. The first-order valence-corrected chi connectivity index (χ1v) is 8.86. The zero-order valence-corrected chi connectivity index (χ0v) is 14.7. The van der Waals surface area contributed by atoms with Crippen molar-refractivity contribution in [2.75, 3.05) is 5.32 Å². The first kappa shape index (κ1) is 17.8. The number of anilines is 1. The molecule has 3 rings (SSSR count). The number of hydrogen-bond acceptors (Lipinski definition) is 8. The van der Waals surface area contributed by atoms with Gasteiger partial charge in [0.1, 0.15) is 5.82 Å². The molecule has 0 fully saturated rings. The second kappa shape index (κ2) is 7.90. The van der Waals surface area contributed by atoms with Gasteiger partial charge in [-0.15, -0.1) is 10.2 Å². The van der Waals surface area contributed by atoms with Crippen molar-refractivity contribution in [1.82, 2.24) is 10.2 Å². The number of rotatable bonds is 6. The summed E-state index contributed by atoms with van der Waals surface area (Å²) in [6, 6.07) is 12.2. The standard InChI is InChI=1S/C16H10FN5O2S2/c17-12-4-1-10(2-5-12)9-19-15-20-21-16(26-15)25-14-6-3-11(8-18)7-13(14)22(23)24/h1-7H,9H2,(H,19,20). The number of nitriles is 1. The maximum Gasteiger partial charge on any atom is 0.284 e. The third-order valence-corrected chi connectivity index (χ3v) is 5.24. The number of nitro groups is 1. The van der Waals surface area contributed by atoms with Gasteiger partial charge in [-0.1, -0.05) is 23.5 Å². The molecule has 0 saturated carbocycles. The van der Waals surface area contributed by atoms with Gasteiger partial charge in [0.05, 0.1) is 21.5 Å². The topological polar surface area (TPSA) is 105 Å². The minimum atomic E-state index is -0.530. The quantitative estimate of drug-likeness (QED) is 0.499. The van der Waals surface area contributed by atoms with E-state index in [0.29, 0.717) is 20.9 Å². The van der Waals surface area contributed by atoms with E-state index < -0.39 is 4.92 Å². The van der Waals surface area contributed by atoms with Gasteiger partial charge in [0, 0.05) is 12.6 Å². The summed E-state index contributed by atoms with van der Waals surface area (Å²) in [7, 11) is 0. The number of nitrogens with zero attached hydrogens (tertiary/aromatic N) is 4. The van der Waals surface area contributed by atoms with E-state index in [0.717, 1.165) is 17.3 Å². The van der Waals surface area contributed by atoms with Gasteiger partial charge < -0.3 is 5.32 Å². The van der Waals surface area contributed by atoms with Crippen molar-refractivity contribution in [3.05, 3.63) is 69.5 Å². The van der Waals surface area contributed by atoms with E-state index in [2.05, 4.69) is 15.5 Å². The van der Waals surface area contributed by atoms with E-state index in [4.69, 9.17) is 5.26 Å². The lowest BCUT2D eigenvalue weighted by Gasteiger charge is -2.02. The summed E-state index contributed by atoms with van der Waals surface area (Å²) >= 11 is 2.36. The van der Waals surface area contributed by atoms with Gasteiger partial charge >= 0.3 is 0 Å². The molecule has 0 aliphatic carbocycles. The fourth-order valence-electron chi connectivity index (χ4n) is 2.01. The number of hydrogen-bond donors (Lipinski definition) is 1. The van der Waals surface area contributed by atoms with Crippen LogP contribution in [0.3, 0.4) is 0 Å². The molecule has 0 aliphatic heterocycles. The Labute approximate surface area is 155 Å². The van der Waals surface area contributed by atoms with Crippen molar-refractivity contribution in [2.24, 2.45) is 0 Å². The van der Waals surface area contributed by atoms with Gasteiger partial charge in [-0.05, 0) is 41.6 Å². The fraction of sp³-hybridized carbons (Fsp3) is 0.0625. The summed E-state index contributed by atoms with van der Waals surface area (Å²) in [6.07, 6.45) is 0. The Hall–Kier alpha value is -3.03. The highest BCUT2D eigenvalue weighted by molar-refractivity contribution is 8.01. The van der Waals surface area contributed by atoms with E-state index in [1.807, 2.05) is 6.07 Å². The number of nitro benzene ring substituents is 1. The Morgan fingerprint density at radius 1 is 1.27 bits per heavy atom. The minimum absolute atomic E-state index is 0.148. The molecule has 0 radical (unpaired) electrons. The molecule has 130 valence electrons. The third-order valence-electron chi connectivity index (χ3n) is 3.25. The van der Waals surface area contributed by atoms with Crippen LogP contribution < -0.4 is 5.32 Å². The molecule has 0 spiro atoms. The number of benzene rings is 2. The van der Waals surface area contributed by atoms with Crippen LogP contribution in [0.25, 0.3) is 0 Å². The molecule has 3 aromatic rings. The van der Waals surface area contributed by atoms with Crippen LogP contribution in [-0.4, -0.2) is 15.1 Å². The molecular weight excluding hydrogens is 377 g/mol. The SMILES string of the molecule is N#Cc1ccc(Sc2nnc(NCc3ccc(F)cc3)s2)c([N+](=O)[O-])c1. The zero-order valence-electron chi connectivity index (χ0n) is 13.0. The molecule has 7 nitrogen and oxygen atoms in total. The van der Waals surface area contributed by atoms with Gasteiger partial charge in [-0.25, -0.2) is 4.39 Å². The highest BCUT2D eigenvalue weighted by Gasteiger charge is 2.18. The molecule has 2 aromatic carbocycles. The molecule has 0 aliphatic rings. The summed E-state index contributed by atoms with van der Waals surface area (Å²) < 4.78 is 13.4. The van der Waals surface area contributed by atoms with Crippen molar-refractivity contribution in [3.8, 4) is 6.07 Å². The number of nitrogens with one attached hydrogen (secondary N) is 1. The molecule has 0 saturated heterocycles. The predicted molar refractivity (Wildman–Crippen MR) is 95.6 cm³/mol. The van der Waals surface area contributed by atoms with Crippen LogP contribution in [0.5, 0.6) is 0 Å². The van der Waals surface area contributed by atoms with Gasteiger partial charge in [0.15, 0.2) is 4.34 Å². The average Bonchev–Trinajstić information content (AvgIpc) is 3.09. The van der Waals surface area contributed by atoms with Crippen LogP contribution in [0.15, 0.2) is 51.7 Å². The average molecular weight is 387 g/mol. The molecule has 26 heavy (non-hydrogen) atoms. The Kier molecular flexibility index (Phi) is 5.40. The van der Waals surface area contributed by atoms with Crippen molar-refractivity contribution < 1.29 is 9.31 Å². The highest BCUT2D eigenvalue weighted by Crippen LogP contribution is 2.37. The van der Waals surface area contributed by atoms with E-state index in [9.17, 15) is 14.5 Å². The summed E-state index contributed by atoms with van der Waals surface area (Å²) in [5, 5.41) is 31.7. The maximum atomic E-state index is 12.9. The minimum Gasteiger partial charge on any atom is -0.356 e. The molecular formula is C16H10FN5O2S2. The van der Waals surface area contributed by atoms with Crippen molar-refractivity contribution >= 4 is 33.9 Å². The predicted octanol–water partition coefficient (Wildman–Crippen LogP) is 4.22. The number of aromatic nitrogens is 2. The van der Waals surface area contributed by atoms with Crippen molar-refractivity contribution in [1.29, 1.82) is 5.26 Å². The van der Waals surface area contributed by atoms with Crippen LogP contribution in [0.2, 0.25) is 0 Å². The summed E-state index contributed by atoms with van der Waals surface area (Å²) in [6.45, 7) is 0.455. The van der Waals surface area contributed by atoms with Crippen LogP contribution in [0.1, 0.15) is 11.1 Å². The summed E-state index contributed by atoms with van der Waals surface area (Å²) in [5.41, 5.74) is 0.962. The van der Waals surface area contributed by atoms with Gasteiger partial charge in [-0.3, -0.25) is 10.1 Å². The molecule has 0 atom stereocenters. The van der Waals surface area contributed by atoms with Gasteiger partial charge in [0.25, 0.3) is 5.69 Å². The van der Waals surface area contributed by atoms with Crippen molar-refractivity contribution in [2.45, 2.75) is 15.8 Å². The normalized spacial score (nSPS) is 10.3. The Balaban J connectivity index is 1.69. The fourth-order valence-corrected chi connectivity index (χ4v) is 3.80. The van der Waals surface area contributed by atoms with Crippen LogP contribution in [0, 0.1) is 27.3 Å². The lowest BCUT2D eigenvalue weighted by atomic mass is 10.2. The second-order valence-corrected chi connectivity index (χ2v) is 7.27. The Morgan fingerprint density at radius 2 is 2.04 bits per heavy atom.